The second-order valence-electron chi connectivity index (χ2n) is 3.37. The van der Waals surface area contributed by atoms with E-state index in [-0.39, 0.29) is 0 Å². The molecule has 1 aromatic heterocycles. The van der Waals surface area contributed by atoms with Crippen molar-refractivity contribution >= 4 is 0 Å². The minimum absolute atomic E-state index is 0.434. The molecule has 0 aromatic carbocycles. The zero-order valence-electron chi connectivity index (χ0n) is 7.25. The van der Waals surface area contributed by atoms with Gasteiger partial charge in [-0.2, -0.15) is 0 Å². The maximum absolute atomic E-state index is 9.29. The van der Waals surface area contributed by atoms with Crippen LogP contribution in [-0.2, 0) is 12.8 Å². The molecule has 12 heavy (non-hydrogen) atoms. The maximum atomic E-state index is 9.29. The summed E-state index contributed by atoms with van der Waals surface area (Å²) in [5.41, 5.74) is 3.35. The van der Waals surface area contributed by atoms with Gasteiger partial charge in [0.2, 0.25) is 0 Å². The Morgan fingerprint density at radius 1 is 1.42 bits per heavy atom. The Morgan fingerprint density at radius 2 is 2.25 bits per heavy atom. The number of pyridine rings is 1. The van der Waals surface area contributed by atoms with Crippen molar-refractivity contribution in [2.24, 2.45) is 0 Å². The van der Waals surface area contributed by atoms with Gasteiger partial charge in [0.1, 0.15) is 0 Å². The Balaban J connectivity index is 2.39. The summed E-state index contributed by atoms with van der Waals surface area (Å²) in [5.74, 6) is 0. The van der Waals surface area contributed by atoms with Crippen LogP contribution in [-0.4, -0.2) is 10.1 Å². The van der Waals surface area contributed by atoms with Gasteiger partial charge in [-0.1, -0.05) is 6.07 Å². The normalized spacial score (nSPS) is 17.5. The predicted octanol–water partition coefficient (Wildman–Crippen LogP) is 1.62. The van der Waals surface area contributed by atoms with Gasteiger partial charge in [0.05, 0.1) is 11.8 Å². The molecule has 1 heterocycles. The van der Waals surface area contributed by atoms with E-state index in [9.17, 15) is 5.11 Å². The summed E-state index contributed by atoms with van der Waals surface area (Å²) < 4.78 is 0. The fourth-order valence-electron chi connectivity index (χ4n) is 1.67. The topological polar surface area (TPSA) is 33.1 Å². The van der Waals surface area contributed by atoms with Crippen LogP contribution in [0.5, 0.6) is 0 Å². The number of hydrogen-bond acceptors (Lipinski definition) is 2. The first-order chi connectivity index (χ1) is 5.77. The Kier molecular flexibility index (Phi) is 1.85. The molecule has 1 aromatic rings. The zero-order chi connectivity index (χ0) is 8.55. The van der Waals surface area contributed by atoms with Gasteiger partial charge in [-0.3, -0.25) is 4.98 Å². The molecule has 0 amide bonds. The second kappa shape index (κ2) is 2.87. The molecule has 1 aliphatic rings. The van der Waals surface area contributed by atoms with Crippen LogP contribution in [0.4, 0.5) is 0 Å². The summed E-state index contributed by atoms with van der Waals surface area (Å²) in [5, 5.41) is 9.29. The molecule has 0 saturated heterocycles. The third-order valence-corrected chi connectivity index (χ3v) is 2.38. The van der Waals surface area contributed by atoms with Crippen molar-refractivity contribution in [3.05, 3.63) is 29.1 Å². The highest BCUT2D eigenvalue weighted by Gasteiger charge is 2.13. The molecule has 2 rings (SSSR count). The van der Waals surface area contributed by atoms with E-state index in [0.29, 0.717) is 0 Å². The number of nitrogens with zero attached hydrogens (tertiary/aromatic N) is 1. The number of aliphatic hydroxyl groups is 1. The van der Waals surface area contributed by atoms with Crippen LogP contribution in [0, 0.1) is 0 Å². The van der Waals surface area contributed by atoms with Gasteiger partial charge in [-0.25, -0.2) is 0 Å². The number of aliphatic hydroxyl groups excluding tert-OH is 1. The van der Waals surface area contributed by atoms with E-state index in [1.807, 2.05) is 6.07 Å². The number of rotatable bonds is 1. The molecule has 0 radical (unpaired) electrons. The van der Waals surface area contributed by atoms with Gasteiger partial charge in [0.15, 0.2) is 0 Å². The highest BCUT2D eigenvalue weighted by molar-refractivity contribution is 5.27. The van der Waals surface area contributed by atoms with Crippen LogP contribution in [0.15, 0.2) is 12.1 Å². The smallest absolute Gasteiger partial charge is 0.0931 e. The van der Waals surface area contributed by atoms with E-state index in [1.165, 1.54) is 17.7 Å². The van der Waals surface area contributed by atoms with E-state index in [2.05, 4.69) is 11.1 Å². The highest BCUT2D eigenvalue weighted by Crippen LogP contribution is 2.21. The Hall–Kier alpha value is -0.890. The first kappa shape index (κ1) is 7.74. The summed E-state index contributed by atoms with van der Waals surface area (Å²) in [6.45, 7) is 1.75. The first-order valence-corrected chi connectivity index (χ1v) is 4.44. The molecule has 0 aliphatic heterocycles. The lowest BCUT2D eigenvalue weighted by atomic mass is 10.2. The molecule has 1 atom stereocenters. The van der Waals surface area contributed by atoms with Crippen LogP contribution in [0.2, 0.25) is 0 Å². The van der Waals surface area contributed by atoms with E-state index >= 15 is 0 Å². The molecule has 2 nitrogen and oxygen atoms in total. The average molecular weight is 163 g/mol. The maximum Gasteiger partial charge on any atom is 0.0931 e. The Labute approximate surface area is 72.3 Å². The van der Waals surface area contributed by atoms with Crippen LogP contribution >= 0.6 is 0 Å². The van der Waals surface area contributed by atoms with Crippen molar-refractivity contribution in [3.63, 3.8) is 0 Å². The van der Waals surface area contributed by atoms with Crippen molar-refractivity contribution in [2.45, 2.75) is 32.3 Å². The quantitative estimate of drug-likeness (QED) is 0.682. The molecule has 2 heteroatoms. The van der Waals surface area contributed by atoms with Crippen LogP contribution in [0.1, 0.15) is 36.4 Å². The Bertz CT molecular complexity index is 294. The standard InChI is InChI=1S/C10H13NO/c1-7(12)9-6-5-8-3-2-4-10(8)11-9/h5-7,12H,2-4H2,1H3/t7-/m0/s1. The van der Waals surface area contributed by atoms with Crippen molar-refractivity contribution in [3.8, 4) is 0 Å². The van der Waals surface area contributed by atoms with E-state index in [1.54, 1.807) is 6.92 Å². The average Bonchev–Trinajstić information content (AvgIpc) is 2.49. The van der Waals surface area contributed by atoms with Gasteiger partial charge >= 0.3 is 0 Å². The number of aromatic nitrogens is 1. The minimum Gasteiger partial charge on any atom is -0.387 e. The second-order valence-corrected chi connectivity index (χ2v) is 3.37. The van der Waals surface area contributed by atoms with Crippen molar-refractivity contribution < 1.29 is 5.11 Å². The molecule has 0 spiro atoms. The lowest BCUT2D eigenvalue weighted by molar-refractivity contribution is 0.194. The molecular weight excluding hydrogens is 150 g/mol. The van der Waals surface area contributed by atoms with Gasteiger partial charge < -0.3 is 5.11 Å². The van der Waals surface area contributed by atoms with Crippen molar-refractivity contribution in [1.29, 1.82) is 0 Å². The van der Waals surface area contributed by atoms with Gasteiger partial charge in [0.25, 0.3) is 0 Å². The lowest BCUT2D eigenvalue weighted by Gasteiger charge is -2.05. The molecule has 0 bridgehead atoms. The summed E-state index contributed by atoms with van der Waals surface area (Å²) in [7, 11) is 0. The first-order valence-electron chi connectivity index (χ1n) is 4.44. The van der Waals surface area contributed by atoms with Gasteiger partial charge in [-0.05, 0) is 37.8 Å². The molecule has 64 valence electrons. The van der Waals surface area contributed by atoms with Crippen molar-refractivity contribution in [2.75, 3.05) is 0 Å². The Morgan fingerprint density at radius 3 is 3.00 bits per heavy atom. The summed E-state index contributed by atoms with van der Waals surface area (Å²) in [6, 6.07) is 4.02. The fraction of sp³-hybridized carbons (Fsp3) is 0.500. The zero-order valence-corrected chi connectivity index (χ0v) is 7.25. The highest BCUT2D eigenvalue weighted by atomic mass is 16.3. The fourth-order valence-corrected chi connectivity index (χ4v) is 1.67. The van der Waals surface area contributed by atoms with Gasteiger partial charge in [-0.15, -0.1) is 0 Å². The molecule has 1 aliphatic carbocycles. The van der Waals surface area contributed by atoms with Crippen LogP contribution in [0.3, 0.4) is 0 Å². The predicted molar refractivity (Wildman–Crippen MR) is 46.9 cm³/mol. The van der Waals surface area contributed by atoms with E-state index < -0.39 is 6.10 Å². The lowest BCUT2D eigenvalue weighted by Crippen LogP contribution is -1.98. The largest absolute Gasteiger partial charge is 0.387 e. The van der Waals surface area contributed by atoms with Crippen LogP contribution < -0.4 is 0 Å². The third-order valence-electron chi connectivity index (χ3n) is 2.38. The molecule has 0 saturated carbocycles. The van der Waals surface area contributed by atoms with Crippen molar-refractivity contribution in [1.82, 2.24) is 4.98 Å². The summed E-state index contributed by atoms with van der Waals surface area (Å²) in [6.07, 6.45) is 3.01. The minimum atomic E-state index is -0.434. The van der Waals surface area contributed by atoms with E-state index in [0.717, 1.165) is 18.5 Å². The van der Waals surface area contributed by atoms with Crippen LogP contribution in [0.25, 0.3) is 0 Å². The van der Waals surface area contributed by atoms with Gasteiger partial charge in [0, 0.05) is 5.69 Å². The SMILES string of the molecule is C[C@H](O)c1ccc2c(n1)CCC2. The summed E-state index contributed by atoms with van der Waals surface area (Å²) in [4.78, 5) is 4.40. The number of fused-ring (bicyclic) bond motifs is 1. The number of hydrogen-bond donors (Lipinski definition) is 1. The monoisotopic (exact) mass is 163 g/mol. The molecule has 0 fully saturated rings. The molecule has 1 N–H and O–H groups in total. The number of aryl methyl sites for hydroxylation is 2. The molecular formula is C10H13NO. The molecule has 0 unspecified atom stereocenters. The summed E-state index contributed by atoms with van der Waals surface area (Å²) >= 11 is 0. The van der Waals surface area contributed by atoms with E-state index in [4.69, 9.17) is 0 Å². The third kappa shape index (κ3) is 1.23.